The molecule has 0 fully saturated rings. The van der Waals surface area contributed by atoms with Gasteiger partial charge >= 0.3 is 0 Å². The number of hydrogen-bond donors (Lipinski definition) is 1. The molecule has 2 N–H and O–H groups in total. The highest BCUT2D eigenvalue weighted by molar-refractivity contribution is 9.10. The van der Waals surface area contributed by atoms with Crippen molar-refractivity contribution in [2.45, 2.75) is 19.1 Å². The van der Waals surface area contributed by atoms with Crippen molar-refractivity contribution in [2.24, 2.45) is 5.73 Å². The number of likely N-dealkylation sites (N-methyl/N-ethyl adjacent to an activating group) is 1. The monoisotopic (exact) mass is 426 g/mol. The summed E-state index contributed by atoms with van der Waals surface area (Å²) in [5.74, 6) is -0.131. The lowest BCUT2D eigenvalue weighted by atomic mass is 9.92. The molecule has 2 aromatic carbocycles. The van der Waals surface area contributed by atoms with Crippen LogP contribution in [0.5, 0.6) is 0 Å². The van der Waals surface area contributed by atoms with Crippen LogP contribution in [0.4, 0.5) is 0 Å². The highest BCUT2D eigenvalue weighted by Gasteiger charge is 2.32. The Bertz CT molecular complexity index is 663. The van der Waals surface area contributed by atoms with Gasteiger partial charge in [0, 0.05) is 18.1 Å². The van der Waals surface area contributed by atoms with E-state index in [1.54, 1.807) is 18.9 Å². The van der Waals surface area contributed by atoms with Crippen molar-refractivity contribution in [3.8, 4) is 0 Å². The van der Waals surface area contributed by atoms with Crippen LogP contribution in [-0.2, 0) is 21.7 Å². The third-order valence-electron chi connectivity index (χ3n) is 3.92. The summed E-state index contributed by atoms with van der Waals surface area (Å²) in [5.41, 5.74) is 7.12. The molecule has 25 heavy (non-hydrogen) atoms. The van der Waals surface area contributed by atoms with E-state index < -0.39 is 5.54 Å². The molecule has 0 heterocycles. The molecule has 2 rings (SSSR count). The SMILES string of the molecule is CN(CCOCc1ccccc1)C(=O)C(C)(N)c1ccc(Br)cc1.Cl. The predicted octanol–water partition coefficient (Wildman–Crippen LogP) is 3.72. The minimum atomic E-state index is -1.06. The van der Waals surface area contributed by atoms with Crippen LogP contribution in [0.3, 0.4) is 0 Å². The van der Waals surface area contributed by atoms with Gasteiger partial charge in [-0.05, 0) is 30.2 Å². The number of ether oxygens (including phenoxy) is 1. The smallest absolute Gasteiger partial charge is 0.246 e. The van der Waals surface area contributed by atoms with Crippen LogP contribution < -0.4 is 5.73 Å². The van der Waals surface area contributed by atoms with Gasteiger partial charge in [-0.15, -0.1) is 12.4 Å². The number of halogens is 2. The zero-order valence-corrected chi connectivity index (χ0v) is 16.8. The molecule has 0 aliphatic heterocycles. The first-order chi connectivity index (χ1) is 11.4. The number of amides is 1. The standard InChI is InChI=1S/C19H23BrN2O2.ClH/c1-19(21,16-8-10-17(20)11-9-16)18(23)22(2)12-13-24-14-15-6-4-3-5-7-15;/h3-11H,12-14,21H2,1-2H3;1H. The number of nitrogens with zero attached hydrogens (tertiary/aromatic N) is 1. The van der Waals surface area contributed by atoms with Crippen molar-refractivity contribution in [3.05, 3.63) is 70.2 Å². The molecule has 0 spiro atoms. The number of benzene rings is 2. The van der Waals surface area contributed by atoms with Crippen LogP contribution in [0.15, 0.2) is 59.1 Å². The Labute approximate surface area is 163 Å². The Morgan fingerprint density at radius 1 is 1.16 bits per heavy atom. The van der Waals surface area contributed by atoms with Gasteiger partial charge in [-0.1, -0.05) is 58.4 Å². The minimum absolute atomic E-state index is 0. The van der Waals surface area contributed by atoms with Gasteiger partial charge in [-0.25, -0.2) is 0 Å². The average molecular weight is 428 g/mol. The average Bonchev–Trinajstić information content (AvgIpc) is 2.59. The molecule has 136 valence electrons. The molecule has 2 aromatic rings. The maximum atomic E-state index is 12.6. The van der Waals surface area contributed by atoms with Crippen molar-refractivity contribution in [1.82, 2.24) is 4.90 Å². The van der Waals surface area contributed by atoms with Crippen molar-refractivity contribution in [3.63, 3.8) is 0 Å². The lowest BCUT2D eigenvalue weighted by Crippen LogP contribution is -2.50. The first kappa shape index (κ1) is 21.6. The molecular formula is C19H24BrClN2O2. The first-order valence-corrected chi connectivity index (χ1v) is 8.62. The Morgan fingerprint density at radius 3 is 2.36 bits per heavy atom. The van der Waals surface area contributed by atoms with Gasteiger partial charge in [0.1, 0.15) is 5.54 Å². The summed E-state index contributed by atoms with van der Waals surface area (Å²) in [6.07, 6.45) is 0. The Morgan fingerprint density at radius 2 is 1.76 bits per heavy atom. The lowest BCUT2D eigenvalue weighted by Gasteiger charge is -2.29. The molecule has 1 amide bonds. The van der Waals surface area contributed by atoms with Crippen LogP contribution in [0.25, 0.3) is 0 Å². The fraction of sp³-hybridized carbons (Fsp3) is 0.316. The van der Waals surface area contributed by atoms with Crippen LogP contribution in [0.2, 0.25) is 0 Å². The van der Waals surface area contributed by atoms with Gasteiger partial charge in [0.25, 0.3) is 0 Å². The van der Waals surface area contributed by atoms with E-state index in [4.69, 9.17) is 10.5 Å². The van der Waals surface area contributed by atoms with E-state index in [0.717, 1.165) is 15.6 Å². The van der Waals surface area contributed by atoms with E-state index in [1.807, 2.05) is 54.6 Å². The minimum Gasteiger partial charge on any atom is -0.375 e. The molecule has 4 nitrogen and oxygen atoms in total. The molecular weight excluding hydrogens is 404 g/mol. The summed E-state index contributed by atoms with van der Waals surface area (Å²) in [6.45, 7) is 3.23. The van der Waals surface area contributed by atoms with Crippen molar-refractivity contribution in [1.29, 1.82) is 0 Å². The number of rotatable bonds is 7. The molecule has 0 aliphatic rings. The molecule has 0 aromatic heterocycles. The van der Waals surface area contributed by atoms with Crippen molar-refractivity contribution in [2.75, 3.05) is 20.2 Å². The summed E-state index contributed by atoms with van der Waals surface area (Å²) in [6, 6.07) is 17.5. The van der Waals surface area contributed by atoms with Gasteiger partial charge in [0.15, 0.2) is 0 Å². The maximum absolute atomic E-state index is 12.6. The molecule has 1 unspecified atom stereocenters. The fourth-order valence-electron chi connectivity index (χ4n) is 2.38. The van der Waals surface area contributed by atoms with Crippen LogP contribution in [-0.4, -0.2) is 31.0 Å². The number of hydrogen-bond acceptors (Lipinski definition) is 3. The van der Waals surface area contributed by atoms with Gasteiger partial charge in [-0.3, -0.25) is 4.79 Å². The molecule has 0 saturated heterocycles. The van der Waals surface area contributed by atoms with E-state index in [0.29, 0.717) is 19.8 Å². The predicted molar refractivity (Wildman–Crippen MR) is 107 cm³/mol. The van der Waals surface area contributed by atoms with E-state index in [1.165, 1.54) is 0 Å². The van der Waals surface area contributed by atoms with Crippen molar-refractivity contribution >= 4 is 34.2 Å². The summed E-state index contributed by atoms with van der Waals surface area (Å²) in [4.78, 5) is 14.3. The Hall–Kier alpha value is -1.40. The van der Waals surface area contributed by atoms with E-state index in [-0.39, 0.29) is 18.3 Å². The Balaban J connectivity index is 0.00000312. The maximum Gasteiger partial charge on any atom is 0.246 e. The quantitative estimate of drug-likeness (QED) is 0.685. The van der Waals surface area contributed by atoms with Crippen LogP contribution in [0.1, 0.15) is 18.1 Å². The summed E-state index contributed by atoms with van der Waals surface area (Å²) in [5, 5.41) is 0. The second-order valence-corrected chi connectivity index (χ2v) is 6.89. The summed E-state index contributed by atoms with van der Waals surface area (Å²) < 4.78 is 6.59. The number of carbonyl (C=O) groups excluding carboxylic acids is 1. The molecule has 0 aliphatic carbocycles. The van der Waals surface area contributed by atoms with Crippen LogP contribution >= 0.6 is 28.3 Å². The number of carbonyl (C=O) groups is 1. The topological polar surface area (TPSA) is 55.6 Å². The normalized spacial score (nSPS) is 12.8. The molecule has 6 heteroatoms. The highest BCUT2D eigenvalue weighted by atomic mass is 79.9. The third-order valence-corrected chi connectivity index (χ3v) is 4.45. The van der Waals surface area contributed by atoms with E-state index in [2.05, 4.69) is 15.9 Å². The first-order valence-electron chi connectivity index (χ1n) is 7.83. The summed E-state index contributed by atoms with van der Waals surface area (Å²) >= 11 is 3.39. The fourth-order valence-corrected chi connectivity index (χ4v) is 2.65. The Kier molecular flexibility index (Phi) is 8.59. The highest BCUT2D eigenvalue weighted by Crippen LogP contribution is 2.22. The van der Waals surface area contributed by atoms with Gasteiger partial charge in [0.05, 0.1) is 13.2 Å². The van der Waals surface area contributed by atoms with Gasteiger partial charge < -0.3 is 15.4 Å². The molecule has 1 atom stereocenters. The second kappa shape index (κ2) is 9.92. The lowest BCUT2D eigenvalue weighted by molar-refractivity contribution is -0.136. The third kappa shape index (κ3) is 6.12. The molecule has 0 radical (unpaired) electrons. The summed E-state index contributed by atoms with van der Waals surface area (Å²) in [7, 11) is 1.75. The second-order valence-electron chi connectivity index (χ2n) is 5.97. The largest absolute Gasteiger partial charge is 0.375 e. The van der Waals surface area contributed by atoms with Crippen molar-refractivity contribution < 1.29 is 9.53 Å². The van der Waals surface area contributed by atoms with E-state index in [9.17, 15) is 4.79 Å². The van der Waals surface area contributed by atoms with Crippen LogP contribution in [0, 0.1) is 0 Å². The van der Waals surface area contributed by atoms with E-state index >= 15 is 0 Å². The zero-order chi connectivity index (χ0) is 17.6. The molecule has 0 saturated carbocycles. The molecule has 0 bridgehead atoms. The van der Waals surface area contributed by atoms with Gasteiger partial charge in [0.2, 0.25) is 5.91 Å². The van der Waals surface area contributed by atoms with Gasteiger partial charge in [-0.2, -0.15) is 0 Å². The zero-order valence-electron chi connectivity index (χ0n) is 14.4. The number of nitrogens with two attached hydrogens (primary N) is 1.